The fraction of sp³-hybridized carbons (Fsp3) is 0.143. The maximum atomic E-state index is 9.98. The zero-order chi connectivity index (χ0) is 24.4. The van der Waals surface area contributed by atoms with Crippen molar-refractivity contribution >= 4 is 0 Å². The summed E-state index contributed by atoms with van der Waals surface area (Å²) in [4.78, 5) is 0. The molecular formula is C28H24N4O3. The van der Waals surface area contributed by atoms with Crippen LogP contribution in [0.25, 0.3) is 11.3 Å². The fourth-order valence-electron chi connectivity index (χ4n) is 4.35. The molecule has 0 amide bonds. The average molecular weight is 465 g/mol. The molecular weight excluding hydrogens is 440 g/mol. The Balaban J connectivity index is 1.55. The molecule has 1 aliphatic heterocycles. The molecule has 0 saturated carbocycles. The first-order valence-electron chi connectivity index (χ1n) is 11.2. The number of nitriles is 1. The van der Waals surface area contributed by atoms with Crippen molar-refractivity contribution in [2.75, 3.05) is 7.11 Å². The third kappa shape index (κ3) is 4.18. The lowest BCUT2D eigenvalue weighted by molar-refractivity contribution is 0.284. The molecule has 0 fully saturated rings. The quantitative estimate of drug-likeness (QED) is 0.407. The molecule has 1 unspecified atom stereocenters. The first kappa shape index (κ1) is 22.1. The lowest BCUT2D eigenvalue weighted by Crippen LogP contribution is -2.21. The summed E-state index contributed by atoms with van der Waals surface area (Å²) in [7, 11) is 1.59. The molecule has 5 rings (SSSR count). The molecule has 1 aliphatic rings. The van der Waals surface area contributed by atoms with Crippen molar-refractivity contribution in [3.05, 3.63) is 107 Å². The van der Waals surface area contributed by atoms with E-state index in [1.807, 2.05) is 73.7 Å². The molecule has 7 nitrogen and oxygen atoms in total. The monoisotopic (exact) mass is 464 g/mol. The van der Waals surface area contributed by atoms with Crippen LogP contribution < -0.4 is 19.9 Å². The van der Waals surface area contributed by atoms with Gasteiger partial charge in [-0.1, -0.05) is 66.2 Å². The number of methoxy groups -OCH3 is 1. The lowest BCUT2D eigenvalue weighted by atomic mass is 9.83. The van der Waals surface area contributed by atoms with E-state index >= 15 is 0 Å². The molecule has 1 aromatic heterocycles. The first-order valence-corrected chi connectivity index (χ1v) is 11.2. The van der Waals surface area contributed by atoms with E-state index in [1.54, 1.807) is 7.11 Å². The van der Waals surface area contributed by atoms with Gasteiger partial charge in [-0.3, -0.25) is 5.10 Å². The molecule has 0 saturated heterocycles. The van der Waals surface area contributed by atoms with Gasteiger partial charge in [-0.2, -0.15) is 5.26 Å². The first-order chi connectivity index (χ1) is 17.1. The van der Waals surface area contributed by atoms with E-state index in [2.05, 4.69) is 22.3 Å². The maximum absolute atomic E-state index is 9.98. The summed E-state index contributed by atoms with van der Waals surface area (Å²) < 4.78 is 17.4. The highest BCUT2D eigenvalue weighted by atomic mass is 16.5. The Morgan fingerprint density at radius 1 is 1.06 bits per heavy atom. The van der Waals surface area contributed by atoms with Crippen molar-refractivity contribution in [2.45, 2.75) is 19.4 Å². The predicted molar refractivity (Wildman–Crippen MR) is 132 cm³/mol. The van der Waals surface area contributed by atoms with Crippen LogP contribution in [0.5, 0.6) is 17.4 Å². The highest BCUT2D eigenvalue weighted by Crippen LogP contribution is 2.47. The number of aryl methyl sites for hydroxylation is 1. The molecule has 1 atom stereocenters. The Kier molecular flexibility index (Phi) is 5.86. The van der Waals surface area contributed by atoms with Crippen molar-refractivity contribution < 1.29 is 14.2 Å². The van der Waals surface area contributed by atoms with Crippen molar-refractivity contribution in [1.29, 1.82) is 5.26 Å². The second kappa shape index (κ2) is 9.27. The smallest absolute Gasteiger partial charge is 0.244 e. The van der Waals surface area contributed by atoms with Gasteiger partial charge in [-0.25, -0.2) is 0 Å². The number of H-pyrrole nitrogens is 1. The predicted octanol–water partition coefficient (Wildman–Crippen LogP) is 5.19. The molecule has 3 aromatic carbocycles. The van der Waals surface area contributed by atoms with E-state index in [0.717, 1.165) is 27.9 Å². The third-order valence-corrected chi connectivity index (χ3v) is 6.00. The topological polar surface area (TPSA) is 106 Å². The van der Waals surface area contributed by atoms with E-state index in [4.69, 9.17) is 19.9 Å². The molecule has 0 aliphatic carbocycles. The van der Waals surface area contributed by atoms with Gasteiger partial charge in [-0.05, 0) is 35.7 Å². The summed E-state index contributed by atoms with van der Waals surface area (Å²) in [5, 5.41) is 17.4. The zero-order valence-electron chi connectivity index (χ0n) is 19.4. The molecule has 7 heteroatoms. The SMILES string of the molecule is COc1cc(C2C(C#N)=C(N)Oc3n[nH]c(-c4ccccc4)c32)ccc1OCc1cccc(C)c1. The number of rotatable bonds is 6. The maximum Gasteiger partial charge on any atom is 0.244 e. The fourth-order valence-corrected chi connectivity index (χ4v) is 4.35. The largest absolute Gasteiger partial charge is 0.493 e. The summed E-state index contributed by atoms with van der Waals surface area (Å²) >= 11 is 0. The van der Waals surface area contributed by atoms with Gasteiger partial charge in [0.2, 0.25) is 11.8 Å². The number of nitrogens with zero attached hydrogens (tertiary/aromatic N) is 2. The summed E-state index contributed by atoms with van der Waals surface area (Å²) in [5.74, 6) is 1.07. The Bertz CT molecular complexity index is 1450. The number of ether oxygens (including phenoxy) is 3. The molecule has 35 heavy (non-hydrogen) atoms. The lowest BCUT2D eigenvalue weighted by Gasteiger charge is -2.25. The number of hydrogen-bond acceptors (Lipinski definition) is 6. The summed E-state index contributed by atoms with van der Waals surface area (Å²) in [5.41, 5.74) is 11.9. The summed E-state index contributed by atoms with van der Waals surface area (Å²) in [6, 6.07) is 25.8. The van der Waals surface area contributed by atoms with Gasteiger partial charge in [-0.15, -0.1) is 5.10 Å². The normalized spacial score (nSPS) is 14.6. The number of aromatic nitrogens is 2. The van der Waals surface area contributed by atoms with Crippen LogP contribution in [0.15, 0.2) is 84.3 Å². The van der Waals surface area contributed by atoms with Gasteiger partial charge >= 0.3 is 0 Å². The molecule has 174 valence electrons. The van der Waals surface area contributed by atoms with Gasteiger partial charge < -0.3 is 19.9 Å². The minimum absolute atomic E-state index is 0.0369. The molecule has 0 radical (unpaired) electrons. The van der Waals surface area contributed by atoms with E-state index in [9.17, 15) is 5.26 Å². The van der Waals surface area contributed by atoms with Crippen LogP contribution >= 0.6 is 0 Å². The van der Waals surface area contributed by atoms with Crippen LogP contribution in [0, 0.1) is 18.3 Å². The van der Waals surface area contributed by atoms with Gasteiger partial charge in [0.15, 0.2) is 11.5 Å². The van der Waals surface area contributed by atoms with Crippen molar-refractivity contribution in [3.63, 3.8) is 0 Å². The molecule has 0 bridgehead atoms. The Hall–Kier alpha value is -4.70. The molecule has 4 aromatic rings. The van der Waals surface area contributed by atoms with Crippen LogP contribution in [0.1, 0.15) is 28.2 Å². The van der Waals surface area contributed by atoms with E-state index < -0.39 is 5.92 Å². The average Bonchev–Trinajstić information content (AvgIpc) is 3.30. The van der Waals surface area contributed by atoms with Crippen LogP contribution in [0.4, 0.5) is 0 Å². The third-order valence-electron chi connectivity index (χ3n) is 6.00. The number of allylic oxidation sites excluding steroid dienone is 1. The van der Waals surface area contributed by atoms with Crippen molar-refractivity contribution in [2.24, 2.45) is 5.73 Å². The van der Waals surface area contributed by atoms with Crippen LogP contribution in [-0.2, 0) is 6.61 Å². The number of nitrogens with one attached hydrogen (secondary N) is 1. The van der Waals surface area contributed by atoms with Gasteiger partial charge in [0.05, 0.1) is 24.3 Å². The minimum Gasteiger partial charge on any atom is -0.493 e. The van der Waals surface area contributed by atoms with Crippen molar-refractivity contribution in [1.82, 2.24) is 10.2 Å². The number of hydrogen-bond donors (Lipinski definition) is 2. The van der Waals surface area contributed by atoms with Gasteiger partial charge in [0, 0.05) is 0 Å². The van der Waals surface area contributed by atoms with Crippen LogP contribution in [-0.4, -0.2) is 17.3 Å². The number of aromatic amines is 1. The molecule has 2 heterocycles. The van der Waals surface area contributed by atoms with Gasteiger partial charge in [0.25, 0.3) is 0 Å². The Labute approximate surface area is 203 Å². The van der Waals surface area contributed by atoms with Crippen molar-refractivity contribution in [3.8, 4) is 34.7 Å². The number of nitrogens with two attached hydrogens (primary N) is 1. The summed E-state index contributed by atoms with van der Waals surface area (Å²) in [6.07, 6.45) is 0. The Morgan fingerprint density at radius 3 is 2.63 bits per heavy atom. The second-order valence-electron chi connectivity index (χ2n) is 8.30. The highest BCUT2D eigenvalue weighted by molar-refractivity contribution is 5.71. The minimum atomic E-state index is -0.488. The standard InChI is InChI=1S/C28H24N4O3/c1-17-7-6-8-18(13-17)16-34-22-12-11-20(14-23(22)33-2)24-21(15-29)27(30)35-28-25(24)26(31-32-28)19-9-4-3-5-10-19/h3-14,24H,16,30H2,1-2H3,(H,31,32). The van der Waals surface area contributed by atoms with E-state index in [-0.39, 0.29) is 5.88 Å². The van der Waals surface area contributed by atoms with Crippen LogP contribution in [0.2, 0.25) is 0 Å². The van der Waals surface area contributed by atoms with Gasteiger partial charge in [0.1, 0.15) is 18.2 Å². The van der Waals surface area contributed by atoms with Crippen LogP contribution in [0.3, 0.4) is 0 Å². The number of benzene rings is 3. The Morgan fingerprint density at radius 2 is 1.89 bits per heavy atom. The number of fused-ring (bicyclic) bond motifs is 1. The zero-order valence-corrected chi connectivity index (χ0v) is 19.4. The molecule has 3 N–H and O–H groups in total. The highest BCUT2D eigenvalue weighted by Gasteiger charge is 2.36. The van der Waals surface area contributed by atoms with E-state index in [1.165, 1.54) is 5.56 Å². The second-order valence-corrected chi connectivity index (χ2v) is 8.30. The molecule has 0 spiro atoms. The summed E-state index contributed by atoms with van der Waals surface area (Å²) in [6.45, 7) is 2.46. The van der Waals surface area contributed by atoms with E-state index in [0.29, 0.717) is 29.6 Å².